The SMILES string of the molecule is Cc1ccn2c(CN3CCN(C(=O)c4ccc([N+](=O)[O-])c(C)c4)CC3)c(C)nc2c1. The van der Waals surface area contributed by atoms with E-state index in [9.17, 15) is 14.9 Å². The Bertz CT molecular complexity index is 1130. The molecule has 1 saturated heterocycles. The van der Waals surface area contributed by atoms with Gasteiger partial charge in [0.25, 0.3) is 11.6 Å². The van der Waals surface area contributed by atoms with E-state index in [0.717, 1.165) is 31.0 Å². The van der Waals surface area contributed by atoms with Gasteiger partial charge in [-0.1, -0.05) is 0 Å². The van der Waals surface area contributed by atoms with Crippen molar-refractivity contribution in [2.24, 2.45) is 0 Å². The van der Waals surface area contributed by atoms with Crippen LogP contribution in [0.15, 0.2) is 36.5 Å². The first-order chi connectivity index (χ1) is 14.3. The van der Waals surface area contributed by atoms with Gasteiger partial charge in [-0.25, -0.2) is 4.98 Å². The summed E-state index contributed by atoms with van der Waals surface area (Å²) >= 11 is 0. The van der Waals surface area contributed by atoms with Crippen LogP contribution in [0.1, 0.15) is 32.9 Å². The molecule has 3 aromatic rings. The third-order valence-corrected chi connectivity index (χ3v) is 5.75. The van der Waals surface area contributed by atoms with E-state index in [1.54, 1.807) is 19.1 Å². The monoisotopic (exact) mass is 407 g/mol. The number of benzene rings is 1. The standard InChI is InChI=1S/C22H25N5O3/c1-15-6-7-26-20(17(3)23-21(26)12-15)14-24-8-10-25(11-9-24)22(28)18-4-5-19(27(29)30)16(2)13-18/h4-7,12-13H,8-11,14H2,1-3H3. The maximum atomic E-state index is 12.8. The van der Waals surface area contributed by atoms with Crippen molar-refractivity contribution >= 4 is 17.2 Å². The molecule has 0 saturated carbocycles. The van der Waals surface area contributed by atoms with Gasteiger partial charge in [-0.05, 0) is 50.6 Å². The van der Waals surface area contributed by atoms with E-state index in [2.05, 4.69) is 39.5 Å². The predicted molar refractivity (Wildman–Crippen MR) is 114 cm³/mol. The van der Waals surface area contributed by atoms with Crippen molar-refractivity contribution < 1.29 is 9.72 Å². The average Bonchev–Trinajstić information content (AvgIpc) is 3.01. The summed E-state index contributed by atoms with van der Waals surface area (Å²) in [4.78, 5) is 32.2. The Morgan fingerprint density at radius 3 is 2.50 bits per heavy atom. The summed E-state index contributed by atoms with van der Waals surface area (Å²) in [6.45, 7) is 9.35. The topological polar surface area (TPSA) is 84.0 Å². The number of carbonyl (C=O) groups is 1. The Labute approximate surface area is 174 Å². The second kappa shape index (κ2) is 7.87. The molecule has 4 rings (SSSR count). The summed E-state index contributed by atoms with van der Waals surface area (Å²) in [5.74, 6) is -0.0749. The van der Waals surface area contributed by atoms with Crippen molar-refractivity contribution in [1.82, 2.24) is 19.2 Å². The maximum Gasteiger partial charge on any atom is 0.272 e. The first-order valence-corrected chi connectivity index (χ1v) is 10.0. The van der Waals surface area contributed by atoms with Gasteiger partial charge in [-0.2, -0.15) is 0 Å². The fraction of sp³-hybridized carbons (Fsp3) is 0.364. The van der Waals surface area contributed by atoms with Crippen LogP contribution in [-0.4, -0.2) is 56.2 Å². The number of piperazine rings is 1. The number of imidazole rings is 1. The molecule has 1 amide bonds. The van der Waals surface area contributed by atoms with Crippen LogP contribution in [0.4, 0.5) is 5.69 Å². The fourth-order valence-corrected chi connectivity index (χ4v) is 4.00. The number of nitro groups is 1. The van der Waals surface area contributed by atoms with Gasteiger partial charge in [0.05, 0.1) is 16.3 Å². The zero-order chi connectivity index (χ0) is 21.4. The van der Waals surface area contributed by atoms with E-state index in [4.69, 9.17) is 0 Å². The molecule has 30 heavy (non-hydrogen) atoms. The van der Waals surface area contributed by atoms with Gasteiger partial charge in [-0.3, -0.25) is 19.8 Å². The first-order valence-electron chi connectivity index (χ1n) is 10.0. The van der Waals surface area contributed by atoms with Crippen LogP contribution in [0.3, 0.4) is 0 Å². The number of aromatic nitrogens is 2. The van der Waals surface area contributed by atoms with Crippen molar-refractivity contribution in [3.63, 3.8) is 0 Å². The van der Waals surface area contributed by atoms with Crippen LogP contribution < -0.4 is 0 Å². The van der Waals surface area contributed by atoms with E-state index >= 15 is 0 Å². The molecule has 0 atom stereocenters. The van der Waals surface area contributed by atoms with Crippen molar-refractivity contribution in [3.05, 3.63) is 74.7 Å². The normalized spacial score (nSPS) is 15.0. The molecule has 0 aliphatic carbocycles. The number of nitro benzene ring substituents is 1. The molecule has 1 fully saturated rings. The summed E-state index contributed by atoms with van der Waals surface area (Å²) in [6, 6.07) is 8.73. The zero-order valence-electron chi connectivity index (χ0n) is 17.5. The van der Waals surface area contributed by atoms with Crippen LogP contribution in [-0.2, 0) is 6.54 Å². The van der Waals surface area contributed by atoms with Gasteiger partial charge in [0.2, 0.25) is 0 Å². The minimum atomic E-state index is -0.425. The highest BCUT2D eigenvalue weighted by Crippen LogP contribution is 2.21. The summed E-state index contributed by atoms with van der Waals surface area (Å²) in [7, 11) is 0. The number of fused-ring (bicyclic) bond motifs is 1. The lowest BCUT2D eigenvalue weighted by Gasteiger charge is -2.34. The molecular formula is C22H25N5O3. The molecule has 3 heterocycles. The highest BCUT2D eigenvalue weighted by molar-refractivity contribution is 5.94. The van der Waals surface area contributed by atoms with E-state index in [1.165, 1.54) is 17.3 Å². The maximum absolute atomic E-state index is 12.8. The number of amides is 1. The van der Waals surface area contributed by atoms with Crippen molar-refractivity contribution in [2.45, 2.75) is 27.3 Å². The van der Waals surface area contributed by atoms with Gasteiger partial charge in [-0.15, -0.1) is 0 Å². The number of pyridine rings is 1. The number of hydrogen-bond acceptors (Lipinski definition) is 5. The largest absolute Gasteiger partial charge is 0.336 e. The van der Waals surface area contributed by atoms with Crippen LogP contribution in [0.2, 0.25) is 0 Å². The average molecular weight is 407 g/mol. The Morgan fingerprint density at radius 2 is 1.83 bits per heavy atom. The minimum Gasteiger partial charge on any atom is -0.336 e. The lowest BCUT2D eigenvalue weighted by molar-refractivity contribution is -0.385. The van der Waals surface area contributed by atoms with Crippen molar-refractivity contribution in [2.75, 3.05) is 26.2 Å². The quantitative estimate of drug-likeness (QED) is 0.490. The summed E-state index contributed by atoms with van der Waals surface area (Å²) < 4.78 is 2.14. The number of carbonyl (C=O) groups excluding carboxylic acids is 1. The molecule has 0 N–H and O–H groups in total. The Hall–Kier alpha value is -3.26. The number of nitrogens with zero attached hydrogens (tertiary/aromatic N) is 5. The molecule has 1 aromatic carbocycles. The molecule has 0 bridgehead atoms. The van der Waals surface area contributed by atoms with E-state index < -0.39 is 4.92 Å². The predicted octanol–water partition coefficient (Wildman–Crippen LogP) is 3.13. The van der Waals surface area contributed by atoms with Gasteiger partial charge in [0.15, 0.2) is 0 Å². The van der Waals surface area contributed by atoms with Gasteiger partial charge in [0, 0.05) is 56.1 Å². The van der Waals surface area contributed by atoms with Gasteiger partial charge < -0.3 is 9.30 Å². The molecule has 0 spiro atoms. The Morgan fingerprint density at radius 1 is 1.10 bits per heavy atom. The van der Waals surface area contributed by atoms with Crippen molar-refractivity contribution in [1.29, 1.82) is 0 Å². The molecule has 8 heteroatoms. The van der Waals surface area contributed by atoms with E-state index in [0.29, 0.717) is 24.2 Å². The Kier molecular flexibility index (Phi) is 5.26. The highest BCUT2D eigenvalue weighted by atomic mass is 16.6. The van der Waals surface area contributed by atoms with Gasteiger partial charge >= 0.3 is 0 Å². The lowest BCUT2D eigenvalue weighted by Crippen LogP contribution is -2.48. The number of aryl methyl sites for hydroxylation is 3. The molecular weight excluding hydrogens is 382 g/mol. The zero-order valence-corrected chi connectivity index (χ0v) is 17.5. The second-order valence-corrected chi connectivity index (χ2v) is 7.90. The first kappa shape index (κ1) is 20.0. The third-order valence-electron chi connectivity index (χ3n) is 5.75. The molecule has 1 aliphatic rings. The number of hydrogen-bond donors (Lipinski definition) is 0. The summed E-state index contributed by atoms with van der Waals surface area (Å²) in [6.07, 6.45) is 2.07. The number of rotatable bonds is 4. The smallest absolute Gasteiger partial charge is 0.272 e. The van der Waals surface area contributed by atoms with Crippen LogP contribution in [0, 0.1) is 30.9 Å². The van der Waals surface area contributed by atoms with E-state index in [1.807, 2.05) is 11.8 Å². The second-order valence-electron chi connectivity index (χ2n) is 7.90. The summed E-state index contributed by atoms with van der Waals surface area (Å²) in [5, 5.41) is 11.0. The fourth-order valence-electron chi connectivity index (χ4n) is 4.00. The molecule has 0 unspecified atom stereocenters. The molecule has 156 valence electrons. The third kappa shape index (κ3) is 3.78. The Balaban J connectivity index is 1.42. The van der Waals surface area contributed by atoms with Gasteiger partial charge in [0.1, 0.15) is 5.65 Å². The van der Waals surface area contributed by atoms with E-state index in [-0.39, 0.29) is 11.6 Å². The highest BCUT2D eigenvalue weighted by Gasteiger charge is 2.24. The molecule has 0 radical (unpaired) electrons. The lowest BCUT2D eigenvalue weighted by atomic mass is 10.1. The molecule has 1 aliphatic heterocycles. The van der Waals surface area contributed by atoms with Crippen LogP contribution >= 0.6 is 0 Å². The molecule has 2 aromatic heterocycles. The van der Waals surface area contributed by atoms with Crippen LogP contribution in [0.5, 0.6) is 0 Å². The minimum absolute atomic E-state index is 0.0370. The van der Waals surface area contributed by atoms with Crippen LogP contribution in [0.25, 0.3) is 5.65 Å². The molecule has 8 nitrogen and oxygen atoms in total. The van der Waals surface area contributed by atoms with Crippen molar-refractivity contribution in [3.8, 4) is 0 Å². The summed E-state index contributed by atoms with van der Waals surface area (Å²) in [5.41, 5.74) is 5.39.